The highest BCUT2D eigenvalue weighted by Gasteiger charge is 2.45. The maximum atomic E-state index is 2.47. The molecule has 3 unspecified atom stereocenters. The van der Waals surface area contributed by atoms with E-state index in [0.29, 0.717) is 5.41 Å². The molecule has 118 valence electrons. The van der Waals surface area contributed by atoms with E-state index < -0.39 is 0 Å². The normalized spacial score (nSPS) is 25.1. The van der Waals surface area contributed by atoms with E-state index in [1.807, 2.05) is 0 Å². The Balaban J connectivity index is 2.50. The largest absolute Gasteiger partial charge is 0.0856 e. The van der Waals surface area contributed by atoms with Crippen LogP contribution in [0, 0.1) is 29.1 Å². The molecule has 20 heavy (non-hydrogen) atoms. The van der Waals surface area contributed by atoms with Crippen LogP contribution < -0.4 is 0 Å². The summed E-state index contributed by atoms with van der Waals surface area (Å²) in [6, 6.07) is 0. The predicted molar refractivity (Wildman–Crippen MR) is 91.9 cm³/mol. The first kappa shape index (κ1) is 17.8. The molecule has 1 saturated carbocycles. The van der Waals surface area contributed by atoms with Gasteiger partial charge in [-0.25, -0.2) is 0 Å². The first-order valence-corrected chi connectivity index (χ1v) is 8.92. The molecule has 3 atom stereocenters. The summed E-state index contributed by atoms with van der Waals surface area (Å²) in [5, 5.41) is 0. The second-order valence-electron chi connectivity index (χ2n) is 8.58. The van der Waals surface area contributed by atoms with Crippen molar-refractivity contribution in [3.05, 3.63) is 11.6 Å². The Labute approximate surface area is 128 Å². The Bertz CT molecular complexity index is 302. The van der Waals surface area contributed by atoms with Gasteiger partial charge in [0, 0.05) is 0 Å². The summed E-state index contributed by atoms with van der Waals surface area (Å²) in [5.74, 6) is 3.68. The summed E-state index contributed by atoms with van der Waals surface area (Å²) in [6.07, 6.45) is 10.8. The third-order valence-corrected chi connectivity index (χ3v) is 5.13. The van der Waals surface area contributed by atoms with Gasteiger partial charge in [0.15, 0.2) is 0 Å². The van der Waals surface area contributed by atoms with Crippen molar-refractivity contribution in [3.63, 3.8) is 0 Å². The molecule has 1 aliphatic rings. The molecule has 0 aromatic carbocycles. The fourth-order valence-corrected chi connectivity index (χ4v) is 3.73. The lowest BCUT2D eigenvalue weighted by Crippen LogP contribution is -2.12. The van der Waals surface area contributed by atoms with Gasteiger partial charge in [0.25, 0.3) is 0 Å². The van der Waals surface area contributed by atoms with E-state index in [0.717, 1.165) is 23.7 Å². The fraction of sp³-hybridized carbons (Fsp3) is 0.900. The van der Waals surface area contributed by atoms with Crippen LogP contribution in [0.4, 0.5) is 0 Å². The molecule has 0 saturated heterocycles. The average Bonchev–Trinajstić information content (AvgIpc) is 3.06. The molecule has 0 amide bonds. The summed E-state index contributed by atoms with van der Waals surface area (Å²) < 4.78 is 0. The summed E-state index contributed by atoms with van der Waals surface area (Å²) in [5.41, 5.74) is 2.19. The van der Waals surface area contributed by atoms with Gasteiger partial charge in [-0.2, -0.15) is 0 Å². The van der Waals surface area contributed by atoms with E-state index in [9.17, 15) is 0 Å². The van der Waals surface area contributed by atoms with Gasteiger partial charge in [0.05, 0.1) is 0 Å². The van der Waals surface area contributed by atoms with E-state index in [1.165, 1.54) is 38.5 Å². The molecule has 0 nitrogen and oxygen atoms in total. The SMILES string of the molecule is CCC=C(C)C(CCCC(C)C)CC1CC1C(C)(C)C. The van der Waals surface area contributed by atoms with Gasteiger partial charge in [-0.3, -0.25) is 0 Å². The molecule has 0 radical (unpaired) electrons. The Morgan fingerprint density at radius 3 is 2.30 bits per heavy atom. The molecule has 0 heteroatoms. The average molecular weight is 279 g/mol. The van der Waals surface area contributed by atoms with Gasteiger partial charge >= 0.3 is 0 Å². The van der Waals surface area contributed by atoms with Crippen molar-refractivity contribution in [2.45, 2.75) is 87.0 Å². The molecule has 1 aliphatic carbocycles. The molecular weight excluding hydrogens is 240 g/mol. The first-order chi connectivity index (χ1) is 9.25. The van der Waals surface area contributed by atoms with Crippen molar-refractivity contribution in [2.75, 3.05) is 0 Å². The third kappa shape index (κ3) is 6.02. The minimum atomic E-state index is 0.523. The quantitative estimate of drug-likeness (QED) is 0.425. The minimum Gasteiger partial charge on any atom is -0.0856 e. The maximum Gasteiger partial charge on any atom is -0.0203 e. The minimum absolute atomic E-state index is 0.523. The number of allylic oxidation sites excluding steroid dienone is 2. The summed E-state index contributed by atoms with van der Waals surface area (Å²) in [7, 11) is 0. The van der Waals surface area contributed by atoms with Crippen molar-refractivity contribution < 1.29 is 0 Å². The lowest BCUT2D eigenvalue weighted by atomic mass is 9.84. The summed E-state index contributed by atoms with van der Waals surface area (Å²) >= 11 is 0. The Kier molecular flexibility index (Phi) is 6.82. The molecule has 0 aliphatic heterocycles. The molecule has 0 spiro atoms. The van der Waals surface area contributed by atoms with E-state index in [2.05, 4.69) is 54.5 Å². The monoisotopic (exact) mass is 278 g/mol. The highest BCUT2D eigenvalue weighted by Crippen LogP contribution is 2.54. The highest BCUT2D eigenvalue weighted by atomic mass is 14.5. The fourth-order valence-electron chi connectivity index (χ4n) is 3.73. The number of hydrogen-bond donors (Lipinski definition) is 0. The molecule has 1 rings (SSSR count). The zero-order valence-corrected chi connectivity index (χ0v) is 15.1. The number of hydrogen-bond acceptors (Lipinski definition) is 0. The molecule has 0 heterocycles. The van der Waals surface area contributed by atoms with Crippen LogP contribution in [0.2, 0.25) is 0 Å². The molecule has 0 N–H and O–H groups in total. The third-order valence-electron chi connectivity index (χ3n) is 5.13. The lowest BCUT2D eigenvalue weighted by Gasteiger charge is -2.22. The van der Waals surface area contributed by atoms with Crippen molar-refractivity contribution >= 4 is 0 Å². The van der Waals surface area contributed by atoms with Crippen molar-refractivity contribution in [3.8, 4) is 0 Å². The van der Waals surface area contributed by atoms with Crippen LogP contribution in [-0.2, 0) is 0 Å². The van der Waals surface area contributed by atoms with Crippen LogP contribution in [0.15, 0.2) is 11.6 Å². The second kappa shape index (κ2) is 7.66. The van der Waals surface area contributed by atoms with Gasteiger partial charge in [-0.15, -0.1) is 0 Å². The van der Waals surface area contributed by atoms with Crippen LogP contribution in [-0.4, -0.2) is 0 Å². The van der Waals surface area contributed by atoms with Gasteiger partial charge < -0.3 is 0 Å². The van der Waals surface area contributed by atoms with Crippen molar-refractivity contribution in [2.24, 2.45) is 29.1 Å². The van der Waals surface area contributed by atoms with Crippen molar-refractivity contribution in [1.82, 2.24) is 0 Å². The topological polar surface area (TPSA) is 0 Å². The van der Waals surface area contributed by atoms with Crippen molar-refractivity contribution in [1.29, 1.82) is 0 Å². The van der Waals surface area contributed by atoms with Crippen LogP contribution in [0.3, 0.4) is 0 Å². The van der Waals surface area contributed by atoms with Crippen LogP contribution in [0.25, 0.3) is 0 Å². The summed E-state index contributed by atoms with van der Waals surface area (Å²) in [4.78, 5) is 0. The van der Waals surface area contributed by atoms with Crippen LogP contribution in [0.5, 0.6) is 0 Å². The van der Waals surface area contributed by atoms with E-state index in [4.69, 9.17) is 0 Å². The Morgan fingerprint density at radius 2 is 1.85 bits per heavy atom. The standard InChI is InChI=1S/C20H38/c1-8-10-16(4)17(12-9-11-15(2)3)13-18-14-19(18)20(5,6)7/h10,15,17-19H,8-9,11-14H2,1-7H3. The molecular formula is C20H38. The van der Waals surface area contributed by atoms with E-state index in [-0.39, 0.29) is 0 Å². The smallest absolute Gasteiger partial charge is 0.0203 e. The lowest BCUT2D eigenvalue weighted by molar-refractivity contribution is 0.312. The summed E-state index contributed by atoms with van der Waals surface area (Å²) in [6.45, 7) is 16.6. The van der Waals surface area contributed by atoms with Crippen LogP contribution in [0.1, 0.15) is 87.0 Å². The van der Waals surface area contributed by atoms with Gasteiger partial charge in [-0.1, -0.05) is 66.0 Å². The number of rotatable bonds is 8. The Morgan fingerprint density at radius 1 is 1.20 bits per heavy atom. The zero-order chi connectivity index (χ0) is 15.3. The molecule has 0 aromatic heterocycles. The highest BCUT2D eigenvalue weighted by molar-refractivity contribution is 5.06. The Hall–Kier alpha value is -0.260. The predicted octanol–water partition coefficient (Wildman–Crippen LogP) is 6.86. The van der Waals surface area contributed by atoms with Gasteiger partial charge in [0.1, 0.15) is 0 Å². The maximum absolute atomic E-state index is 2.47. The second-order valence-corrected chi connectivity index (χ2v) is 8.58. The first-order valence-electron chi connectivity index (χ1n) is 8.92. The van der Waals surface area contributed by atoms with Gasteiger partial charge in [0.2, 0.25) is 0 Å². The van der Waals surface area contributed by atoms with E-state index >= 15 is 0 Å². The zero-order valence-electron chi connectivity index (χ0n) is 15.1. The van der Waals surface area contributed by atoms with Crippen LogP contribution >= 0.6 is 0 Å². The van der Waals surface area contributed by atoms with E-state index in [1.54, 1.807) is 5.57 Å². The molecule has 0 aromatic rings. The molecule has 0 bridgehead atoms. The van der Waals surface area contributed by atoms with Gasteiger partial charge in [-0.05, 0) is 61.7 Å². The molecule has 1 fully saturated rings.